The smallest absolute Gasteiger partial charge is 0.147 e. The van der Waals surface area contributed by atoms with Crippen LogP contribution in [-0.2, 0) is 0 Å². The van der Waals surface area contributed by atoms with Gasteiger partial charge in [0, 0.05) is 13.1 Å². The van der Waals surface area contributed by atoms with Crippen molar-refractivity contribution >= 4 is 23.0 Å². The van der Waals surface area contributed by atoms with E-state index >= 15 is 0 Å². The van der Waals surface area contributed by atoms with Gasteiger partial charge in [0.2, 0.25) is 0 Å². The molecular formula is C11H18N4OS. The zero-order valence-corrected chi connectivity index (χ0v) is 11.2. The van der Waals surface area contributed by atoms with Crippen LogP contribution in [0, 0.1) is 0 Å². The van der Waals surface area contributed by atoms with E-state index < -0.39 is 5.60 Å². The molecule has 0 radical (unpaired) electrons. The molecule has 1 aromatic rings. The highest BCUT2D eigenvalue weighted by atomic mass is 32.1. The van der Waals surface area contributed by atoms with Crippen LogP contribution in [0.25, 0.3) is 0 Å². The van der Waals surface area contributed by atoms with E-state index in [1.54, 1.807) is 26.2 Å². The molecule has 17 heavy (non-hydrogen) atoms. The van der Waals surface area contributed by atoms with Crippen LogP contribution in [0.3, 0.4) is 0 Å². The van der Waals surface area contributed by atoms with Gasteiger partial charge in [-0.1, -0.05) is 12.2 Å². The number of likely N-dealkylation sites (N-methyl/N-ethyl adjacent to an activating group) is 1. The minimum Gasteiger partial charge on any atom is -0.389 e. The third kappa shape index (κ3) is 4.24. The number of nitrogens with two attached hydrogens (primary N) is 1. The SMILES string of the molecule is CCN(CC(C)(C)O)c1cnc(C(N)=S)cn1. The number of rotatable bonds is 5. The van der Waals surface area contributed by atoms with E-state index in [1.165, 1.54) is 0 Å². The molecule has 0 fully saturated rings. The van der Waals surface area contributed by atoms with Gasteiger partial charge >= 0.3 is 0 Å². The van der Waals surface area contributed by atoms with Gasteiger partial charge in [-0.25, -0.2) is 9.97 Å². The van der Waals surface area contributed by atoms with Gasteiger partial charge in [0.25, 0.3) is 0 Å². The van der Waals surface area contributed by atoms with Crippen molar-refractivity contribution in [1.29, 1.82) is 0 Å². The molecule has 0 spiro atoms. The van der Waals surface area contributed by atoms with Crippen molar-refractivity contribution in [3.05, 3.63) is 18.1 Å². The van der Waals surface area contributed by atoms with Crippen LogP contribution in [0.15, 0.2) is 12.4 Å². The molecular weight excluding hydrogens is 236 g/mol. The summed E-state index contributed by atoms with van der Waals surface area (Å²) < 4.78 is 0. The molecule has 5 nitrogen and oxygen atoms in total. The fourth-order valence-electron chi connectivity index (χ4n) is 1.43. The number of thiocarbonyl (C=S) groups is 1. The summed E-state index contributed by atoms with van der Waals surface area (Å²) in [4.78, 5) is 10.5. The van der Waals surface area contributed by atoms with Gasteiger partial charge in [-0.2, -0.15) is 0 Å². The Hall–Kier alpha value is -1.27. The summed E-state index contributed by atoms with van der Waals surface area (Å²) >= 11 is 4.81. The normalized spacial score (nSPS) is 11.3. The lowest BCUT2D eigenvalue weighted by atomic mass is 10.1. The number of hydrogen-bond donors (Lipinski definition) is 2. The first-order valence-corrected chi connectivity index (χ1v) is 5.83. The van der Waals surface area contributed by atoms with E-state index in [1.807, 2.05) is 11.8 Å². The molecule has 0 aliphatic carbocycles. The summed E-state index contributed by atoms with van der Waals surface area (Å²) in [5.41, 5.74) is 5.17. The number of aromatic nitrogens is 2. The topological polar surface area (TPSA) is 75.3 Å². The van der Waals surface area contributed by atoms with Gasteiger partial charge in [0.15, 0.2) is 0 Å². The van der Waals surface area contributed by atoms with Crippen LogP contribution in [0.5, 0.6) is 0 Å². The van der Waals surface area contributed by atoms with E-state index in [2.05, 4.69) is 9.97 Å². The third-order valence-electron chi connectivity index (χ3n) is 2.17. The van der Waals surface area contributed by atoms with Crippen molar-refractivity contribution in [2.45, 2.75) is 26.4 Å². The van der Waals surface area contributed by atoms with Gasteiger partial charge in [0.1, 0.15) is 16.5 Å². The molecule has 0 saturated carbocycles. The summed E-state index contributed by atoms with van der Waals surface area (Å²) in [5, 5.41) is 9.79. The van der Waals surface area contributed by atoms with E-state index in [9.17, 15) is 5.11 Å². The van der Waals surface area contributed by atoms with Gasteiger partial charge in [-0.05, 0) is 20.8 Å². The van der Waals surface area contributed by atoms with Crippen molar-refractivity contribution in [1.82, 2.24) is 9.97 Å². The Morgan fingerprint density at radius 3 is 2.47 bits per heavy atom. The first-order valence-electron chi connectivity index (χ1n) is 5.42. The maximum atomic E-state index is 9.79. The highest BCUT2D eigenvalue weighted by molar-refractivity contribution is 7.80. The summed E-state index contributed by atoms with van der Waals surface area (Å²) in [6.07, 6.45) is 3.16. The second-order valence-electron chi connectivity index (χ2n) is 4.45. The first-order chi connectivity index (χ1) is 7.83. The largest absolute Gasteiger partial charge is 0.389 e. The molecule has 0 atom stereocenters. The Kier molecular flexibility index (Phi) is 4.36. The molecule has 94 valence electrons. The molecule has 3 N–H and O–H groups in total. The lowest BCUT2D eigenvalue weighted by Gasteiger charge is -2.28. The maximum absolute atomic E-state index is 9.79. The number of nitrogens with zero attached hydrogens (tertiary/aromatic N) is 3. The van der Waals surface area contributed by atoms with Gasteiger partial charge in [0.05, 0.1) is 18.0 Å². The summed E-state index contributed by atoms with van der Waals surface area (Å²) in [6.45, 7) is 6.74. The Balaban J connectivity index is 2.86. The number of aliphatic hydroxyl groups is 1. The summed E-state index contributed by atoms with van der Waals surface area (Å²) in [6, 6.07) is 0. The molecule has 0 aliphatic rings. The van der Waals surface area contributed by atoms with E-state index in [0.717, 1.165) is 6.54 Å². The van der Waals surface area contributed by atoms with Crippen LogP contribution in [0.2, 0.25) is 0 Å². The highest BCUT2D eigenvalue weighted by Crippen LogP contribution is 2.13. The third-order valence-corrected chi connectivity index (χ3v) is 2.38. The van der Waals surface area contributed by atoms with Gasteiger partial charge in [-0.15, -0.1) is 0 Å². The van der Waals surface area contributed by atoms with Gasteiger partial charge in [-0.3, -0.25) is 0 Å². The van der Waals surface area contributed by atoms with E-state index in [0.29, 0.717) is 18.1 Å². The fraction of sp³-hybridized carbons (Fsp3) is 0.545. The molecule has 1 rings (SSSR count). The Labute approximate surface area is 107 Å². The maximum Gasteiger partial charge on any atom is 0.147 e. The van der Waals surface area contributed by atoms with Crippen molar-refractivity contribution in [3.8, 4) is 0 Å². The standard InChI is InChI=1S/C11H18N4OS/c1-4-15(7-11(2,3)16)9-6-13-8(5-14-9)10(12)17/h5-6,16H,4,7H2,1-3H3,(H2,12,17). The molecule has 0 amide bonds. The second-order valence-corrected chi connectivity index (χ2v) is 4.89. The Bertz CT molecular complexity index is 385. The minimum atomic E-state index is -0.778. The molecule has 1 aromatic heterocycles. The average molecular weight is 254 g/mol. The molecule has 0 unspecified atom stereocenters. The quantitative estimate of drug-likeness (QED) is 0.754. The first kappa shape index (κ1) is 13.8. The fourth-order valence-corrected chi connectivity index (χ4v) is 1.54. The monoisotopic (exact) mass is 254 g/mol. The zero-order valence-electron chi connectivity index (χ0n) is 10.3. The predicted octanol–water partition coefficient (Wildman–Crippen LogP) is 0.708. The Morgan fingerprint density at radius 1 is 1.47 bits per heavy atom. The van der Waals surface area contributed by atoms with Crippen LogP contribution in [0.1, 0.15) is 26.5 Å². The Morgan fingerprint density at radius 2 is 2.12 bits per heavy atom. The molecule has 0 saturated heterocycles. The molecule has 0 bridgehead atoms. The average Bonchev–Trinajstić information content (AvgIpc) is 2.25. The second kappa shape index (κ2) is 5.37. The summed E-state index contributed by atoms with van der Waals surface area (Å²) in [7, 11) is 0. The molecule has 1 heterocycles. The van der Waals surface area contributed by atoms with Crippen molar-refractivity contribution in [2.75, 3.05) is 18.0 Å². The van der Waals surface area contributed by atoms with Crippen molar-refractivity contribution in [2.24, 2.45) is 5.73 Å². The lowest BCUT2D eigenvalue weighted by molar-refractivity contribution is 0.0874. The summed E-state index contributed by atoms with van der Waals surface area (Å²) in [5.74, 6) is 0.703. The predicted molar refractivity (Wildman–Crippen MR) is 72.1 cm³/mol. The number of hydrogen-bond acceptors (Lipinski definition) is 5. The van der Waals surface area contributed by atoms with Crippen LogP contribution in [-0.4, -0.2) is 38.8 Å². The minimum absolute atomic E-state index is 0.231. The van der Waals surface area contributed by atoms with Crippen LogP contribution < -0.4 is 10.6 Å². The molecule has 0 aromatic carbocycles. The van der Waals surface area contributed by atoms with Crippen LogP contribution in [0.4, 0.5) is 5.82 Å². The lowest BCUT2D eigenvalue weighted by Crippen LogP contribution is -2.39. The van der Waals surface area contributed by atoms with E-state index in [4.69, 9.17) is 18.0 Å². The van der Waals surface area contributed by atoms with Crippen LogP contribution >= 0.6 is 12.2 Å². The van der Waals surface area contributed by atoms with Gasteiger partial charge < -0.3 is 15.7 Å². The highest BCUT2D eigenvalue weighted by Gasteiger charge is 2.18. The van der Waals surface area contributed by atoms with Crippen molar-refractivity contribution in [3.63, 3.8) is 0 Å². The molecule has 6 heteroatoms. The number of anilines is 1. The van der Waals surface area contributed by atoms with E-state index in [-0.39, 0.29) is 4.99 Å². The zero-order chi connectivity index (χ0) is 13.1. The van der Waals surface area contributed by atoms with Crippen molar-refractivity contribution < 1.29 is 5.11 Å². The molecule has 0 aliphatic heterocycles.